The van der Waals surface area contributed by atoms with Gasteiger partial charge in [0, 0.05) is 18.4 Å². The largest absolute Gasteiger partial charge is 0.299 e. The molecule has 0 spiro atoms. The summed E-state index contributed by atoms with van der Waals surface area (Å²) in [7, 11) is 0. The molecule has 0 radical (unpaired) electrons. The van der Waals surface area contributed by atoms with Gasteiger partial charge in [-0.1, -0.05) is 26.7 Å². The van der Waals surface area contributed by atoms with Crippen LogP contribution in [0.5, 0.6) is 0 Å². The predicted molar refractivity (Wildman–Crippen MR) is 68.4 cm³/mol. The zero-order chi connectivity index (χ0) is 13.5. The fraction of sp³-hybridized carbons (Fsp3) is 0.533. The molecule has 1 unspecified atom stereocenters. The second-order valence-corrected chi connectivity index (χ2v) is 4.67. The number of rotatable bonds is 7. The van der Waals surface area contributed by atoms with Crippen LogP contribution < -0.4 is 0 Å². The molecule has 0 bridgehead atoms. The maximum atomic E-state index is 13.0. The Bertz CT molecular complexity index is 381. The van der Waals surface area contributed by atoms with Crippen molar-refractivity contribution < 1.29 is 13.6 Å². The molecule has 0 aromatic heterocycles. The third-order valence-electron chi connectivity index (χ3n) is 3.15. The first-order chi connectivity index (χ1) is 8.56. The fourth-order valence-corrected chi connectivity index (χ4v) is 2.10. The fourth-order valence-electron chi connectivity index (χ4n) is 2.10. The quantitative estimate of drug-likeness (QED) is 0.709. The number of Topliss-reactive ketones (excluding diaryl/α,β-unsaturated/α-hetero) is 1. The van der Waals surface area contributed by atoms with Crippen molar-refractivity contribution in [1.29, 1.82) is 0 Å². The van der Waals surface area contributed by atoms with E-state index in [4.69, 9.17) is 0 Å². The summed E-state index contributed by atoms with van der Waals surface area (Å²) < 4.78 is 26.0. The summed E-state index contributed by atoms with van der Waals surface area (Å²) in [4.78, 5) is 12.0. The summed E-state index contributed by atoms with van der Waals surface area (Å²) in [5.74, 6) is -1.16. The van der Waals surface area contributed by atoms with E-state index < -0.39 is 11.6 Å². The van der Waals surface area contributed by atoms with Gasteiger partial charge in [-0.2, -0.15) is 0 Å². The molecule has 1 atom stereocenters. The van der Waals surface area contributed by atoms with Gasteiger partial charge in [-0.15, -0.1) is 0 Å². The Labute approximate surface area is 107 Å². The summed E-state index contributed by atoms with van der Waals surface area (Å²) in [5, 5.41) is 0. The second kappa shape index (κ2) is 7.24. The van der Waals surface area contributed by atoms with E-state index >= 15 is 0 Å². The van der Waals surface area contributed by atoms with Gasteiger partial charge in [-0.25, -0.2) is 8.78 Å². The van der Waals surface area contributed by atoms with E-state index in [0.29, 0.717) is 5.56 Å². The van der Waals surface area contributed by atoms with Gasteiger partial charge in [0.15, 0.2) is 0 Å². The zero-order valence-electron chi connectivity index (χ0n) is 11.0. The molecule has 18 heavy (non-hydrogen) atoms. The molecular formula is C15H20F2O. The van der Waals surface area contributed by atoms with Crippen molar-refractivity contribution in [2.24, 2.45) is 5.92 Å². The lowest BCUT2D eigenvalue weighted by molar-refractivity contribution is -0.122. The van der Waals surface area contributed by atoms with E-state index in [1.807, 2.05) is 6.92 Å². The zero-order valence-corrected chi connectivity index (χ0v) is 11.0. The maximum Gasteiger partial charge on any atom is 0.140 e. The maximum absolute atomic E-state index is 13.0. The van der Waals surface area contributed by atoms with Crippen LogP contribution in [0.2, 0.25) is 0 Å². The van der Waals surface area contributed by atoms with Crippen LogP contribution in [0.25, 0.3) is 0 Å². The van der Waals surface area contributed by atoms with Gasteiger partial charge in [0.05, 0.1) is 0 Å². The number of halogens is 2. The van der Waals surface area contributed by atoms with Crippen molar-refractivity contribution in [3.8, 4) is 0 Å². The molecule has 1 aromatic carbocycles. The van der Waals surface area contributed by atoms with Crippen molar-refractivity contribution in [1.82, 2.24) is 0 Å². The Morgan fingerprint density at radius 3 is 2.28 bits per heavy atom. The smallest absolute Gasteiger partial charge is 0.140 e. The van der Waals surface area contributed by atoms with Gasteiger partial charge in [-0.05, 0) is 30.5 Å². The first-order valence-corrected chi connectivity index (χ1v) is 6.54. The van der Waals surface area contributed by atoms with Gasteiger partial charge in [0.25, 0.3) is 0 Å². The van der Waals surface area contributed by atoms with Crippen LogP contribution in [0, 0.1) is 17.6 Å². The van der Waals surface area contributed by atoms with Crippen molar-refractivity contribution >= 4 is 5.78 Å². The van der Waals surface area contributed by atoms with Crippen LogP contribution in [0.1, 0.15) is 45.1 Å². The molecule has 0 fully saturated rings. The summed E-state index contributed by atoms with van der Waals surface area (Å²) in [6, 6.07) is 3.28. The number of carbonyl (C=O) groups is 1. The highest BCUT2D eigenvalue weighted by Crippen LogP contribution is 2.17. The lowest BCUT2D eigenvalue weighted by Gasteiger charge is -2.13. The molecule has 0 aliphatic carbocycles. The topological polar surface area (TPSA) is 17.1 Å². The molecule has 1 nitrogen and oxygen atoms in total. The summed E-state index contributed by atoms with van der Waals surface area (Å²) in [5.41, 5.74) is 0.424. The number of benzene rings is 1. The molecule has 0 saturated carbocycles. The Kier molecular flexibility index (Phi) is 5.96. The SMILES string of the molecule is CCCCC(CC)C(=O)Cc1cc(F)cc(F)c1. The van der Waals surface area contributed by atoms with Crippen molar-refractivity contribution in [2.45, 2.75) is 46.0 Å². The standard InChI is InChI=1S/C15H20F2O/c1-3-5-6-12(4-2)15(18)9-11-7-13(16)10-14(17)8-11/h7-8,10,12H,3-6,9H2,1-2H3. The molecule has 0 aliphatic heterocycles. The predicted octanol–water partition coefficient (Wildman–Crippen LogP) is 4.29. The molecule has 0 heterocycles. The van der Waals surface area contributed by atoms with Crippen LogP contribution in [-0.2, 0) is 11.2 Å². The normalized spacial score (nSPS) is 12.4. The molecule has 0 aliphatic rings. The second-order valence-electron chi connectivity index (χ2n) is 4.67. The van der Waals surface area contributed by atoms with Gasteiger partial charge in [-0.3, -0.25) is 4.79 Å². The Hall–Kier alpha value is -1.25. The van der Waals surface area contributed by atoms with Gasteiger partial charge >= 0.3 is 0 Å². The number of hydrogen-bond acceptors (Lipinski definition) is 1. The highest BCUT2D eigenvalue weighted by molar-refractivity contribution is 5.83. The van der Waals surface area contributed by atoms with E-state index in [0.717, 1.165) is 31.7 Å². The molecule has 0 amide bonds. The van der Waals surface area contributed by atoms with E-state index in [1.54, 1.807) is 0 Å². The van der Waals surface area contributed by atoms with Crippen LogP contribution in [0.15, 0.2) is 18.2 Å². The van der Waals surface area contributed by atoms with E-state index in [1.165, 1.54) is 12.1 Å². The third kappa shape index (κ3) is 4.55. The number of carbonyl (C=O) groups excluding carboxylic acids is 1. The Balaban J connectivity index is 2.67. The number of unbranched alkanes of at least 4 members (excludes halogenated alkanes) is 1. The number of ketones is 1. The highest BCUT2D eigenvalue weighted by atomic mass is 19.1. The van der Waals surface area contributed by atoms with Crippen LogP contribution in [0.3, 0.4) is 0 Å². The minimum atomic E-state index is -0.626. The summed E-state index contributed by atoms with van der Waals surface area (Å²) in [6.07, 6.45) is 3.84. The molecule has 3 heteroatoms. The van der Waals surface area contributed by atoms with E-state index in [2.05, 4.69) is 6.92 Å². The summed E-state index contributed by atoms with van der Waals surface area (Å²) >= 11 is 0. The summed E-state index contributed by atoms with van der Waals surface area (Å²) in [6.45, 7) is 4.06. The lowest BCUT2D eigenvalue weighted by Crippen LogP contribution is -2.16. The molecule has 0 N–H and O–H groups in total. The monoisotopic (exact) mass is 254 g/mol. The highest BCUT2D eigenvalue weighted by Gasteiger charge is 2.16. The van der Waals surface area contributed by atoms with Crippen LogP contribution in [0.4, 0.5) is 8.78 Å². The van der Waals surface area contributed by atoms with Crippen molar-refractivity contribution in [3.63, 3.8) is 0 Å². The van der Waals surface area contributed by atoms with E-state index in [9.17, 15) is 13.6 Å². The molecule has 100 valence electrons. The van der Waals surface area contributed by atoms with Crippen molar-refractivity contribution in [3.05, 3.63) is 35.4 Å². The van der Waals surface area contributed by atoms with Crippen molar-refractivity contribution in [2.75, 3.05) is 0 Å². The molecule has 1 aromatic rings. The third-order valence-corrected chi connectivity index (χ3v) is 3.15. The van der Waals surface area contributed by atoms with E-state index in [-0.39, 0.29) is 18.1 Å². The van der Waals surface area contributed by atoms with Gasteiger partial charge in [0.2, 0.25) is 0 Å². The average molecular weight is 254 g/mol. The molecule has 0 saturated heterocycles. The van der Waals surface area contributed by atoms with Crippen LogP contribution >= 0.6 is 0 Å². The first-order valence-electron chi connectivity index (χ1n) is 6.54. The molecular weight excluding hydrogens is 234 g/mol. The lowest BCUT2D eigenvalue weighted by atomic mass is 9.91. The number of hydrogen-bond donors (Lipinski definition) is 0. The minimum absolute atomic E-state index is 0.0104. The van der Waals surface area contributed by atoms with Crippen LogP contribution in [-0.4, -0.2) is 5.78 Å². The molecule has 1 rings (SSSR count). The first kappa shape index (κ1) is 14.8. The van der Waals surface area contributed by atoms with Gasteiger partial charge < -0.3 is 0 Å². The Morgan fingerprint density at radius 2 is 1.78 bits per heavy atom. The van der Waals surface area contributed by atoms with Gasteiger partial charge in [0.1, 0.15) is 17.4 Å². The minimum Gasteiger partial charge on any atom is -0.299 e. The average Bonchev–Trinajstić information content (AvgIpc) is 2.28. The Morgan fingerprint density at radius 1 is 1.17 bits per heavy atom.